The number of aryl methyl sites for hydroxylation is 3. The third-order valence-electron chi connectivity index (χ3n) is 7.78. The summed E-state index contributed by atoms with van der Waals surface area (Å²) in [5.41, 5.74) is 12.0. The van der Waals surface area contributed by atoms with E-state index in [1.807, 2.05) is 0 Å². The zero-order valence-corrected chi connectivity index (χ0v) is 20.8. The minimum absolute atomic E-state index is 0.960. The summed E-state index contributed by atoms with van der Waals surface area (Å²) < 4.78 is 11.5. The van der Waals surface area contributed by atoms with Crippen molar-refractivity contribution < 1.29 is 8.98 Å². The van der Waals surface area contributed by atoms with Crippen LogP contribution in [0.25, 0.3) is 50.1 Å². The van der Waals surface area contributed by atoms with E-state index < -0.39 is 0 Å². The SMILES string of the molecule is Cc1ccc2c(oc3c(-c4cc5c(n4-c4ccccc4)CCCC5)cccc32)c1-c1cccc[n+]1C. The molecule has 3 aromatic heterocycles. The van der Waals surface area contributed by atoms with Gasteiger partial charge in [0.05, 0.1) is 11.3 Å². The van der Waals surface area contributed by atoms with Gasteiger partial charge in [0.25, 0.3) is 0 Å². The molecule has 3 nitrogen and oxygen atoms in total. The topological polar surface area (TPSA) is 21.9 Å². The van der Waals surface area contributed by atoms with Crippen molar-refractivity contribution in [3.63, 3.8) is 0 Å². The maximum atomic E-state index is 6.86. The Labute approximate surface area is 211 Å². The highest BCUT2D eigenvalue weighted by atomic mass is 16.3. The lowest BCUT2D eigenvalue weighted by molar-refractivity contribution is -0.660. The van der Waals surface area contributed by atoms with Gasteiger partial charge in [-0.2, -0.15) is 0 Å². The van der Waals surface area contributed by atoms with Crippen molar-refractivity contribution in [3.8, 4) is 28.2 Å². The van der Waals surface area contributed by atoms with Gasteiger partial charge in [-0.15, -0.1) is 0 Å². The van der Waals surface area contributed by atoms with Crippen LogP contribution in [0, 0.1) is 6.92 Å². The molecule has 176 valence electrons. The second-order valence-electron chi connectivity index (χ2n) is 9.99. The monoisotopic (exact) mass is 469 g/mol. The van der Waals surface area contributed by atoms with Crippen LogP contribution in [0.4, 0.5) is 0 Å². The van der Waals surface area contributed by atoms with Gasteiger partial charge < -0.3 is 8.98 Å². The van der Waals surface area contributed by atoms with Gasteiger partial charge in [0.15, 0.2) is 6.20 Å². The standard InChI is InChI=1S/C33H29N2O/c1-22-18-19-26-25-14-10-15-27(32(25)36-33(26)31(22)29-17-8-9-20-34(29)2)30-21-23-11-6-7-16-28(23)35(30)24-12-4-3-5-13-24/h3-5,8-10,12-15,17-21H,6-7,11,16H2,1-2H3/q+1. The highest BCUT2D eigenvalue weighted by molar-refractivity contribution is 6.13. The first-order chi connectivity index (χ1) is 17.7. The van der Waals surface area contributed by atoms with Crippen molar-refractivity contribution in [1.29, 1.82) is 0 Å². The van der Waals surface area contributed by atoms with Gasteiger partial charge in [-0.25, -0.2) is 4.57 Å². The summed E-state index contributed by atoms with van der Waals surface area (Å²) in [6.45, 7) is 2.17. The number of fused-ring (bicyclic) bond motifs is 4. The summed E-state index contributed by atoms with van der Waals surface area (Å²) in [7, 11) is 2.10. The number of rotatable bonds is 3. The van der Waals surface area contributed by atoms with E-state index in [-0.39, 0.29) is 0 Å². The Balaban J connectivity index is 1.54. The van der Waals surface area contributed by atoms with Crippen LogP contribution in [0.5, 0.6) is 0 Å². The Bertz CT molecular complexity index is 1750. The number of furan rings is 1. The molecule has 6 aromatic rings. The minimum Gasteiger partial charge on any atom is -0.454 e. The molecule has 0 saturated carbocycles. The molecule has 0 N–H and O–H groups in total. The van der Waals surface area contributed by atoms with Crippen molar-refractivity contribution in [1.82, 2.24) is 4.57 Å². The van der Waals surface area contributed by atoms with E-state index in [4.69, 9.17) is 4.42 Å². The van der Waals surface area contributed by atoms with E-state index in [1.165, 1.54) is 51.8 Å². The van der Waals surface area contributed by atoms with Gasteiger partial charge in [0.2, 0.25) is 5.69 Å². The molecule has 0 radical (unpaired) electrons. The molecule has 3 heterocycles. The van der Waals surface area contributed by atoms with Gasteiger partial charge >= 0.3 is 0 Å². The van der Waals surface area contributed by atoms with Crippen LogP contribution >= 0.6 is 0 Å². The van der Waals surface area contributed by atoms with Crippen molar-refractivity contribution in [2.24, 2.45) is 7.05 Å². The van der Waals surface area contributed by atoms with E-state index in [0.717, 1.165) is 40.8 Å². The van der Waals surface area contributed by atoms with Crippen LogP contribution in [-0.4, -0.2) is 4.57 Å². The van der Waals surface area contributed by atoms with Crippen molar-refractivity contribution in [3.05, 3.63) is 108 Å². The average molecular weight is 470 g/mol. The predicted molar refractivity (Wildman–Crippen MR) is 146 cm³/mol. The van der Waals surface area contributed by atoms with E-state index in [1.54, 1.807) is 0 Å². The quantitative estimate of drug-likeness (QED) is 0.243. The zero-order valence-electron chi connectivity index (χ0n) is 20.8. The molecule has 7 rings (SSSR count). The molecule has 0 aliphatic heterocycles. The van der Waals surface area contributed by atoms with Crippen LogP contribution in [0.15, 0.2) is 95.5 Å². The van der Waals surface area contributed by atoms with Gasteiger partial charge in [-0.05, 0) is 74.1 Å². The third-order valence-corrected chi connectivity index (χ3v) is 7.78. The van der Waals surface area contributed by atoms with Crippen LogP contribution in [0.3, 0.4) is 0 Å². The molecule has 0 fully saturated rings. The first-order valence-corrected chi connectivity index (χ1v) is 12.9. The summed E-state index contributed by atoms with van der Waals surface area (Å²) in [4.78, 5) is 0. The van der Waals surface area contributed by atoms with Crippen molar-refractivity contribution in [2.45, 2.75) is 32.6 Å². The molecule has 36 heavy (non-hydrogen) atoms. The zero-order chi connectivity index (χ0) is 24.2. The lowest BCUT2D eigenvalue weighted by Gasteiger charge is -2.17. The minimum atomic E-state index is 0.960. The number of hydrogen-bond donors (Lipinski definition) is 0. The van der Waals surface area contributed by atoms with Gasteiger partial charge in [0, 0.05) is 39.8 Å². The Morgan fingerprint density at radius 3 is 2.44 bits per heavy atom. The Morgan fingerprint density at radius 1 is 0.778 bits per heavy atom. The molecule has 3 aromatic carbocycles. The largest absolute Gasteiger partial charge is 0.454 e. The molecule has 1 aliphatic rings. The molecule has 0 spiro atoms. The molecule has 0 atom stereocenters. The van der Waals surface area contributed by atoms with Gasteiger partial charge in [-0.1, -0.05) is 42.5 Å². The van der Waals surface area contributed by atoms with Crippen LogP contribution in [0.1, 0.15) is 29.7 Å². The molecular weight excluding hydrogens is 440 g/mol. The summed E-state index contributed by atoms with van der Waals surface area (Å²) >= 11 is 0. The second-order valence-corrected chi connectivity index (χ2v) is 9.99. The number of para-hydroxylation sites is 2. The summed E-state index contributed by atoms with van der Waals surface area (Å²) in [5, 5.41) is 2.33. The fraction of sp³-hybridized carbons (Fsp3) is 0.182. The fourth-order valence-electron chi connectivity index (χ4n) is 6.03. The van der Waals surface area contributed by atoms with Crippen molar-refractivity contribution in [2.75, 3.05) is 0 Å². The highest BCUT2D eigenvalue weighted by Crippen LogP contribution is 2.42. The summed E-state index contributed by atoms with van der Waals surface area (Å²) in [6, 6.07) is 30.6. The van der Waals surface area contributed by atoms with Gasteiger partial charge in [-0.3, -0.25) is 0 Å². The molecule has 0 bridgehead atoms. The molecule has 3 heteroatoms. The van der Waals surface area contributed by atoms with E-state index >= 15 is 0 Å². The Hall–Kier alpha value is -4.11. The number of aromatic nitrogens is 2. The van der Waals surface area contributed by atoms with Crippen LogP contribution < -0.4 is 4.57 Å². The number of hydrogen-bond acceptors (Lipinski definition) is 1. The van der Waals surface area contributed by atoms with Crippen molar-refractivity contribution >= 4 is 21.9 Å². The molecule has 0 unspecified atom stereocenters. The molecule has 0 amide bonds. The predicted octanol–water partition coefficient (Wildman–Crippen LogP) is 7.72. The Kier molecular flexibility index (Phi) is 4.85. The maximum absolute atomic E-state index is 6.86. The Morgan fingerprint density at radius 2 is 1.58 bits per heavy atom. The molecule has 1 aliphatic carbocycles. The van der Waals surface area contributed by atoms with E-state index in [0.29, 0.717) is 0 Å². The normalized spacial score (nSPS) is 13.4. The number of pyridine rings is 1. The van der Waals surface area contributed by atoms with E-state index in [9.17, 15) is 0 Å². The fourth-order valence-corrected chi connectivity index (χ4v) is 6.03. The lowest BCUT2D eigenvalue weighted by Crippen LogP contribution is -2.30. The van der Waals surface area contributed by atoms with Gasteiger partial charge in [0.1, 0.15) is 18.2 Å². The summed E-state index contributed by atoms with van der Waals surface area (Å²) in [6.07, 6.45) is 6.87. The van der Waals surface area contributed by atoms with Crippen LogP contribution in [0.2, 0.25) is 0 Å². The highest BCUT2D eigenvalue weighted by Gasteiger charge is 2.25. The first-order valence-electron chi connectivity index (χ1n) is 12.9. The smallest absolute Gasteiger partial charge is 0.216 e. The summed E-state index contributed by atoms with van der Waals surface area (Å²) in [5.74, 6) is 0. The second kappa shape index (κ2) is 8.23. The van der Waals surface area contributed by atoms with E-state index in [2.05, 4.69) is 114 Å². The lowest BCUT2D eigenvalue weighted by atomic mass is 9.97. The maximum Gasteiger partial charge on any atom is 0.216 e. The molecular formula is C33H29N2O+. The first kappa shape index (κ1) is 21.2. The third kappa shape index (κ3) is 3.16. The average Bonchev–Trinajstić information content (AvgIpc) is 3.48. The number of benzene rings is 3. The van der Waals surface area contributed by atoms with Crippen LogP contribution in [-0.2, 0) is 19.9 Å². The molecule has 0 saturated heterocycles. The number of nitrogens with zero attached hydrogens (tertiary/aromatic N) is 2.